The van der Waals surface area contributed by atoms with Gasteiger partial charge in [0.25, 0.3) is 0 Å². The molecule has 0 atom stereocenters. The van der Waals surface area contributed by atoms with Crippen molar-refractivity contribution < 1.29 is 0 Å². The predicted octanol–water partition coefficient (Wildman–Crippen LogP) is 2.76. The molecule has 0 aliphatic rings. The highest BCUT2D eigenvalue weighted by molar-refractivity contribution is 9.10. The number of halogens is 1. The van der Waals surface area contributed by atoms with Gasteiger partial charge in [0.1, 0.15) is 0 Å². The van der Waals surface area contributed by atoms with Crippen molar-refractivity contribution in [2.75, 3.05) is 0 Å². The molecule has 1 aromatic carbocycles. The van der Waals surface area contributed by atoms with Crippen LogP contribution < -0.4 is 0 Å². The first-order valence-corrected chi connectivity index (χ1v) is 3.30. The lowest BCUT2D eigenvalue weighted by Gasteiger charge is -1.88. The third kappa shape index (κ3) is 1.34. The van der Waals surface area contributed by atoms with Crippen molar-refractivity contribution in [2.24, 2.45) is 0 Å². The summed E-state index contributed by atoms with van der Waals surface area (Å²) in [5.74, 6) is 0. The molecule has 0 fully saturated rings. The van der Waals surface area contributed by atoms with Crippen molar-refractivity contribution in [2.45, 2.75) is 6.92 Å². The van der Waals surface area contributed by atoms with E-state index in [0.717, 1.165) is 4.47 Å². The number of hydrogen-bond acceptors (Lipinski definition) is 0. The molecule has 0 bridgehead atoms. The van der Waals surface area contributed by atoms with E-state index in [1.807, 2.05) is 12.1 Å². The molecular weight excluding hydrogens is 165 g/mol. The first kappa shape index (κ1) is 5.83. The molecule has 42 valence electrons. The smallest absolute Gasteiger partial charge is 0.0175 e. The number of rotatable bonds is 0. The maximum atomic E-state index is 3.35. The molecule has 1 heteroatoms. The summed E-state index contributed by atoms with van der Waals surface area (Å²) in [6, 6.07) is 8.22. The Morgan fingerprint density at radius 3 is 2.00 bits per heavy atom. The second-order valence-corrected chi connectivity index (χ2v) is 2.71. The Labute approximate surface area is 57.7 Å². The van der Waals surface area contributed by atoms with Crippen LogP contribution in [0, 0.1) is 6.92 Å². The van der Waals surface area contributed by atoms with Gasteiger partial charge in [-0.15, -0.1) is 0 Å². The Morgan fingerprint density at radius 2 is 1.62 bits per heavy atom. The third-order valence-corrected chi connectivity index (χ3v) is 1.54. The van der Waals surface area contributed by atoms with E-state index in [9.17, 15) is 0 Å². The molecule has 0 N–H and O–H groups in total. The molecule has 0 amide bonds. The summed E-state index contributed by atoms with van der Waals surface area (Å²) in [7, 11) is 0. The average molecular weight is 172 g/mol. The van der Waals surface area contributed by atoms with Crippen molar-refractivity contribution in [3.8, 4) is 0 Å². The fourth-order valence-electron chi connectivity index (χ4n) is 0.533. The zero-order valence-electron chi connectivity index (χ0n) is 4.69. The van der Waals surface area contributed by atoms with Gasteiger partial charge in [-0.05, 0) is 19.1 Å². The lowest BCUT2D eigenvalue weighted by molar-refractivity contribution is 1.46. The van der Waals surface area contributed by atoms with Crippen LogP contribution in [0.3, 0.4) is 0 Å². The molecule has 0 nitrogen and oxygen atoms in total. The van der Waals surface area contributed by atoms with E-state index in [-0.39, 0.29) is 0 Å². The monoisotopic (exact) mass is 171 g/mol. The summed E-state index contributed by atoms with van der Waals surface area (Å²) >= 11 is 3.35. The third-order valence-electron chi connectivity index (χ3n) is 1.01. The van der Waals surface area contributed by atoms with Crippen molar-refractivity contribution in [3.63, 3.8) is 0 Å². The predicted molar refractivity (Wildman–Crippen MR) is 38.9 cm³/mol. The van der Waals surface area contributed by atoms with Gasteiger partial charge in [0.05, 0.1) is 0 Å². The molecule has 0 spiro atoms. The molecule has 1 aromatic rings. The minimum atomic E-state index is 1.14. The second kappa shape index (κ2) is 2.31. The maximum Gasteiger partial charge on any atom is 0.0175 e. The molecule has 8 heavy (non-hydrogen) atoms. The van der Waals surface area contributed by atoms with Crippen LogP contribution in [0.1, 0.15) is 5.56 Å². The van der Waals surface area contributed by atoms with E-state index in [2.05, 4.69) is 35.0 Å². The van der Waals surface area contributed by atoms with Crippen LogP contribution in [-0.4, -0.2) is 0 Å². The fourth-order valence-corrected chi connectivity index (χ4v) is 0.798. The van der Waals surface area contributed by atoms with Crippen molar-refractivity contribution in [1.82, 2.24) is 0 Å². The van der Waals surface area contributed by atoms with Crippen molar-refractivity contribution in [1.29, 1.82) is 0 Å². The molecule has 0 saturated carbocycles. The summed E-state index contributed by atoms with van der Waals surface area (Å²) in [6.45, 7) is 2.08. The van der Waals surface area contributed by atoms with E-state index in [4.69, 9.17) is 0 Å². The van der Waals surface area contributed by atoms with Gasteiger partial charge in [0.2, 0.25) is 0 Å². The first-order valence-electron chi connectivity index (χ1n) is 2.51. The van der Waals surface area contributed by atoms with Gasteiger partial charge in [-0.2, -0.15) is 0 Å². The molecule has 0 heterocycles. The highest BCUT2D eigenvalue weighted by atomic mass is 79.9. The van der Waals surface area contributed by atoms with Crippen LogP contribution in [-0.2, 0) is 0 Å². The largest absolute Gasteiger partial charge is 0.0582 e. The van der Waals surface area contributed by atoms with Crippen LogP contribution in [0.15, 0.2) is 28.7 Å². The molecule has 0 aliphatic heterocycles. The normalized spacial score (nSPS) is 9.25. The van der Waals surface area contributed by atoms with Crippen molar-refractivity contribution >= 4 is 15.9 Å². The van der Waals surface area contributed by atoms with Gasteiger partial charge < -0.3 is 0 Å². The Bertz CT molecular complexity index is 143. The summed E-state index contributed by atoms with van der Waals surface area (Å²) < 4.78 is 1.14. The van der Waals surface area contributed by atoms with Crippen LogP contribution in [0.4, 0.5) is 0 Å². The summed E-state index contributed by atoms with van der Waals surface area (Å²) in [5, 5.41) is 0. The molecule has 1 rings (SSSR count). The van der Waals surface area contributed by atoms with Gasteiger partial charge in [0.15, 0.2) is 0 Å². The highest BCUT2D eigenvalue weighted by Crippen LogP contribution is 2.08. The van der Waals surface area contributed by atoms with Crippen molar-refractivity contribution in [3.05, 3.63) is 34.3 Å². The summed E-state index contributed by atoms with van der Waals surface area (Å²) in [6.07, 6.45) is 0. The standard InChI is InChI=1S/C7H7Br/c1-6-2-4-7(8)5-3-6/h2-5H,1H3/i1+1. The van der Waals surface area contributed by atoms with Gasteiger partial charge in [-0.1, -0.05) is 33.6 Å². The molecular formula is C7H7Br. The Hall–Kier alpha value is -0.300. The lowest BCUT2D eigenvalue weighted by atomic mass is 10.3. The number of benzene rings is 1. The second-order valence-electron chi connectivity index (χ2n) is 1.80. The molecule has 0 saturated heterocycles. The van der Waals surface area contributed by atoms with Crippen LogP contribution in [0.2, 0.25) is 0 Å². The van der Waals surface area contributed by atoms with Crippen LogP contribution >= 0.6 is 15.9 Å². The zero-order chi connectivity index (χ0) is 5.98. The minimum absolute atomic E-state index is 1.14. The molecule has 0 unspecified atom stereocenters. The Balaban J connectivity index is 3.03. The van der Waals surface area contributed by atoms with Crippen LogP contribution in [0.25, 0.3) is 0 Å². The minimum Gasteiger partial charge on any atom is -0.0582 e. The fraction of sp³-hybridized carbons (Fsp3) is 0.143. The zero-order valence-corrected chi connectivity index (χ0v) is 6.27. The van der Waals surface area contributed by atoms with E-state index in [0.29, 0.717) is 0 Å². The number of aryl methyl sites for hydroxylation is 1. The maximum absolute atomic E-state index is 3.35. The average Bonchev–Trinajstić information content (AvgIpc) is 1.77. The summed E-state index contributed by atoms with van der Waals surface area (Å²) in [5.41, 5.74) is 1.30. The Morgan fingerprint density at radius 1 is 1.12 bits per heavy atom. The van der Waals surface area contributed by atoms with E-state index >= 15 is 0 Å². The Kier molecular flexibility index (Phi) is 1.69. The molecule has 0 aromatic heterocycles. The van der Waals surface area contributed by atoms with Crippen LogP contribution in [0.5, 0.6) is 0 Å². The van der Waals surface area contributed by atoms with E-state index < -0.39 is 0 Å². The van der Waals surface area contributed by atoms with Gasteiger partial charge >= 0.3 is 0 Å². The van der Waals surface area contributed by atoms with Gasteiger partial charge in [-0.3, -0.25) is 0 Å². The molecule has 0 radical (unpaired) electrons. The SMILES string of the molecule is [13CH3]c1ccc(Br)cc1. The topological polar surface area (TPSA) is 0 Å². The van der Waals surface area contributed by atoms with Gasteiger partial charge in [-0.25, -0.2) is 0 Å². The quantitative estimate of drug-likeness (QED) is 0.527. The summed E-state index contributed by atoms with van der Waals surface area (Å²) in [4.78, 5) is 0. The van der Waals surface area contributed by atoms with E-state index in [1.165, 1.54) is 5.56 Å². The van der Waals surface area contributed by atoms with Gasteiger partial charge in [0, 0.05) is 4.47 Å². The highest BCUT2D eigenvalue weighted by Gasteiger charge is 1.81. The molecule has 0 aliphatic carbocycles. The van der Waals surface area contributed by atoms with E-state index in [1.54, 1.807) is 0 Å². The number of hydrogen-bond donors (Lipinski definition) is 0. The first-order chi connectivity index (χ1) is 3.79. The lowest BCUT2D eigenvalue weighted by Crippen LogP contribution is -1.66.